The maximum atomic E-state index is 12.1. The number of thioether (sulfide) groups is 1. The third-order valence-electron chi connectivity index (χ3n) is 2.91. The van der Waals surface area contributed by atoms with E-state index in [-0.39, 0.29) is 18.6 Å². The van der Waals surface area contributed by atoms with Gasteiger partial charge in [-0.25, -0.2) is 0 Å². The Hall–Kier alpha value is -1.53. The van der Waals surface area contributed by atoms with Crippen LogP contribution in [0, 0.1) is 0 Å². The summed E-state index contributed by atoms with van der Waals surface area (Å²) in [6.07, 6.45) is 2.74. The Bertz CT molecular complexity index is 556. The zero-order valence-electron chi connectivity index (χ0n) is 10.7. The van der Waals surface area contributed by atoms with E-state index < -0.39 is 0 Å². The fourth-order valence-corrected chi connectivity index (χ4v) is 2.38. The number of benzene rings is 1. The van der Waals surface area contributed by atoms with Gasteiger partial charge < -0.3 is 10.4 Å². The maximum absolute atomic E-state index is 12.1. The molecule has 0 aliphatic rings. The number of hydrogen-bond donors (Lipinski definition) is 3. The monoisotopic (exact) mass is 279 g/mol. The highest BCUT2D eigenvalue weighted by molar-refractivity contribution is 7.98. The van der Waals surface area contributed by atoms with Crippen molar-refractivity contribution in [3.63, 3.8) is 0 Å². The minimum Gasteiger partial charge on any atom is -0.394 e. The first-order valence-corrected chi connectivity index (χ1v) is 7.49. The molecule has 1 atom stereocenters. The Kier molecular flexibility index (Phi) is 4.81. The van der Waals surface area contributed by atoms with Crippen LogP contribution in [0.2, 0.25) is 0 Å². The number of para-hydroxylation sites is 1. The smallest absolute Gasteiger partial charge is 0.272 e. The molecule has 0 radical (unpaired) electrons. The molecule has 0 spiro atoms. The molecule has 3 N–H and O–H groups in total. The van der Waals surface area contributed by atoms with Crippen molar-refractivity contribution < 1.29 is 9.90 Å². The van der Waals surface area contributed by atoms with Gasteiger partial charge in [0.05, 0.1) is 18.2 Å². The number of aliphatic hydroxyl groups is 1. The summed E-state index contributed by atoms with van der Waals surface area (Å²) >= 11 is 1.69. The summed E-state index contributed by atoms with van der Waals surface area (Å²) in [5, 5.41) is 19.7. The molecule has 0 aliphatic heterocycles. The molecule has 0 bridgehead atoms. The van der Waals surface area contributed by atoms with Crippen molar-refractivity contribution in [3.05, 3.63) is 30.0 Å². The molecule has 0 saturated heterocycles. The zero-order valence-corrected chi connectivity index (χ0v) is 11.5. The van der Waals surface area contributed by atoms with Crippen LogP contribution in [0.4, 0.5) is 0 Å². The fraction of sp³-hybridized carbons (Fsp3) is 0.385. The number of carbonyl (C=O) groups excluding carboxylic acids is 1. The SMILES string of the molecule is CSCCC(CO)NC(=O)c1n[nH]c2ccccc12. The van der Waals surface area contributed by atoms with Crippen LogP contribution in [0.1, 0.15) is 16.9 Å². The fourth-order valence-electron chi connectivity index (χ4n) is 1.86. The molecule has 6 heteroatoms. The number of hydrogen-bond acceptors (Lipinski definition) is 4. The molecular formula is C13H17N3O2S. The quantitative estimate of drug-likeness (QED) is 0.747. The molecule has 0 fully saturated rings. The van der Waals surface area contributed by atoms with Crippen molar-refractivity contribution in [1.29, 1.82) is 0 Å². The molecular weight excluding hydrogens is 262 g/mol. The van der Waals surface area contributed by atoms with E-state index >= 15 is 0 Å². The van der Waals surface area contributed by atoms with E-state index in [1.165, 1.54) is 0 Å². The molecule has 0 saturated carbocycles. The summed E-state index contributed by atoms with van der Waals surface area (Å²) in [6.45, 7) is -0.0609. The van der Waals surface area contributed by atoms with Crippen molar-refractivity contribution in [2.75, 3.05) is 18.6 Å². The number of carbonyl (C=O) groups is 1. The van der Waals surface area contributed by atoms with E-state index in [1.807, 2.05) is 30.5 Å². The van der Waals surface area contributed by atoms with Crippen molar-refractivity contribution in [1.82, 2.24) is 15.5 Å². The second-order valence-corrected chi connectivity index (χ2v) is 5.24. The van der Waals surface area contributed by atoms with Crippen LogP contribution in [0.25, 0.3) is 10.9 Å². The number of aromatic amines is 1. The van der Waals surface area contributed by atoms with Crippen LogP contribution < -0.4 is 5.32 Å². The largest absolute Gasteiger partial charge is 0.394 e. The van der Waals surface area contributed by atoms with Crippen LogP contribution in [0.15, 0.2) is 24.3 Å². The highest BCUT2D eigenvalue weighted by Gasteiger charge is 2.17. The van der Waals surface area contributed by atoms with Crippen LogP contribution in [0.5, 0.6) is 0 Å². The summed E-state index contributed by atoms with van der Waals surface area (Å²) < 4.78 is 0. The normalized spacial score (nSPS) is 12.5. The third-order valence-corrected chi connectivity index (χ3v) is 3.56. The Labute approximate surface area is 115 Å². The van der Waals surface area contributed by atoms with Gasteiger partial charge in [-0.2, -0.15) is 16.9 Å². The lowest BCUT2D eigenvalue weighted by atomic mass is 10.2. The molecule has 2 aromatic rings. The van der Waals surface area contributed by atoms with Gasteiger partial charge in [-0.1, -0.05) is 18.2 Å². The predicted octanol–water partition coefficient (Wildman–Crippen LogP) is 1.41. The lowest BCUT2D eigenvalue weighted by molar-refractivity contribution is 0.0912. The van der Waals surface area contributed by atoms with Gasteiger partial charge >= 0.3 is 0 Å². The minimum absolute atomic E-state index is 0.0609. The van der Waals surface area contributed by atoms with Crippen LogP contribution >= 0.6 is 11.8 Å². The van der Waals surface area contributed by atoms with Crippen molar-refractivity contribution in [2.24, 2.45) is 0 Å². The third kappa shape index (κ3) is 3.27. The Balaban J connectivity index is 2.10. The van der Waals surface area contributed by atoms with E-state index in [9.17, 15) is 9.90 Å². The lowest BCUT2D eigenvalue weighted by Gasteiger charge is -2.14. The van der Waals surface area contributed by atoms with E-state index in [4.69, 9.17) is 0 Å². The molecule has 1 aromatic heterocycles. The zero-order chi connectivity index (χ0) is 13.7. The van der Waals surface area contributed by atoms with Gasteiger partial charge in [-0.15, -0.1) is 0 Å². The first-order valence-electron chi connectivity index (χ1n) is 6.10. The summed E-state index contributed by atoms with van der Waals surface area (Å²) in [4.78, 5) is 12.1. The van der Waals surface area contributed by atoms with Gasteiger partial charge in [0.25, 0.3) is 5.91 Å². The Morgan fingerprint density at radius 3 is 3.05 bits per heavy atom. The average Bonchev–Trinajstić information content (AvgIpc) is 2.87. The van der Waals surface area contributed by atoms with Crippen molar-refractivity contribution >= 4 is 28.6 Å². The van der Waals surface area contributed by atoms with Crippen molar-refractivity contribution in [2.45, 2.75) is 12.5 Å². The number of aromatic nitrogens is 2. The van der Waals surface area contributed by atoms with E-state index in [0.717, 1.165) is 23.1 Å². The van der Waals surface area contributed by atoms with E-state index in [1.54, 1.807) is 11.8 Å². The van der Waals surface area contributed by atoms with Gasteiger partial charge in [0, 0.05) is 5.39 Å². The number of aliphatic hydroxyl groups excluding tert-OH is 1. The number of rotatable bonds is 6. The van der Waals surface area contributed by atoms with Gasteiger partial charge in [0.1, 0.15) is 0 Å². The molecule has 1 heterocycles. The Morgan fingerprint density at radius 1 is 1.53 bits per heavy atom. The van der Waals surface area contributed by atoms with Gasteiger partial charge in [-0.05, 0) is 24.5 Å². The van der Waals surface area contributed by atoms with E-state index in [0.29, 0.717) is 5.69 Å². The molecule has 1 unspecified atom stereocenters. The summed E-state index contributed by atoms with van der Waals surface area (Å²) in [5.74, 6) is 0.643. The highest BCUT2D eigenvalue weighted by Crippen LogP contribution is 2.15. The molecule has 0 aliphatic carbocycles. The Morgan fingerprint density at radius 2 is 2.32 bits per heavy atom. The van der Waals surface area contributed by atoms with Crippen molar-refractivity contribution in [3.8, 4) is 0 Å². The second-order valence-electron chi connectivity index (χ2n) is 4.25. The second kappa shape index (κ2) is 6.58. The molecule has 19 heavy (non-hydrogen) atoms. The average molecular weight is 279 g/mol. The van der Waals surface area contributed by atoms with Crippen LogP contribution in [-0.2, 0) is 0 Å². The standard InChI is InChI=1S/C13H17N3O2S/c1-19-7-6-9(8-17)14-13(18)12-10-4-2-3-5-11(10)15-16-12/h2-5,9,17H,6-8H2,1H3,(H,14,18)(H,15,16). The topological polar surface area (TPSA) is 78.0 Å². The number of nitrogens with one attached hydrogen (secondary N) is 2. The van der Waals surface area contributed by atoms with E-state index in [2.05, 4.69) is 15.5 Å². The first-order chi connectivity index (χ1) is 9.26. The predicted molar refractivity (Wildman–Crippen MR) is 77.4 cm³/mol. The van der Waals surface area contributed by atoms with Gasteiger partial charge in [0.2, 0.25) is 0 Å². The van der Waals surface area contributed by atoms with Crippen LogP contribution in [0.3, 0.4) is 0 Å². The number of amides is 1. The maximum Gasteiger partial charge on any atom is 0.272 e. The summed E-state index contributed by atoms with van der Waals surface area (Å²) in [5.41, 5.74) is 1.20. The molecule has 5 nitrogen and oxygen atoms in total. The molecule has 1 amide bonds. The highest BCUT2D eigenvalue weighted by atomic mass is 32.2. The van der Waals surface area contributed by atoms with Gasteiger partial charge in [-0.3, -0.25) is 9.89 Å². The molecule has 1 aromatic carbocycles. The lowest BCUT2D eigenvalue weighted by Crippen LogP contribution is -2.38. The van der Waals surface area contributed by atoms with Gasteiger partial charge in [0.15, 0.2) is 5.69 Å². The number of nitrogens with zero attached hydrogens (tertiary/aromatic N) is 1. The molecule has 2 rings (SSSR count). The summed E-state index contributed by atoms with van der Waals surface area (Å²) in [7, 11) is 0. The number of H-pyrrole nitrogens is 1. The minimum atomic E-state index is -0.252. The summed E-state index contributed by atoms with van der Waals surface area (Å²) in [6, 6.07) is 7.25. The number of fused-ring (bicyclic) bond motifs is 1. The molecule has 102 valence electrons. The first kappa shape index (κ1) is 13.9. The van der Waals surface area contributed by atoms with Crippen LogP contribution in [-0.4, -0.2) is 45.9 Å².